The summed E-state index contributed by atoms with van der Waals surface area (Å²) in [5, 5.41) is 11.3. The van der Waals surface area contributed by atoms with Gasteiger partial charge < -0.3 is 26.0 Å². The van der Waals surface area contributed by atoms with Crippen LogP contribution in [0, 0.1) is 11.8 Å². The summed E-state index contributed by atoms with van der Waals surface area (Å²) in [6, 6.07) is 14.2. The van der Waals surface area contributed by atoms with E-state index in [1.165, 1.54) is 0 Å². The van der Waals surface area contributed by atoms with E-state index >= 15 is 0 Å². The predicted octanol–water partition coefficient (Wildman–Crippen LogP) is 3.62. The van der Waals surface area contributed by atoms with Crippen molar-refractivity contribution in [2.24, 2.45) is 11.8 Å². The van der Waals surface area contributed by atoms with Gasteiger partial charge in [0.15, 0.2) is 0 Å². The van der Waals surface area contributed by atoms with E-state index in [2.05, 4.69) is 21.3 Å². The summed E-state index contributed by atoms with van der Waals surface area (Å²) >= 11 is 6.17. The van der Waals surface area contributed by atoms with Crippen molar-refractivity contribution in [3.63, 3.8) is 0 Å². The first-order valence-electron chi connectivity index (χ1n) is 14.8. The van der Waals surface area contributed by atoms with E-state index in [-0.39, 0.29) is 30.7 Å². The summed E-state index contributed by atoms with van der Waals surface area (Å²) in [6.45, 7) is 4.26. The van der Waals surface area contributed by atoms with E-state index in [1.807, 2.05) is 56.3 Å². The number of carbonyl (C=O) groups excluding carboxylic acids is 5. The van der Waals surface area contributed by atoms with Crippen LogP contribution in [-0.2, 0) is 30.3 Å². The molecule has 1 aliphatic carbocycles. The Bertz CT molecular complexity index is 1320. The van der Waals surface area contributed by atoms with Crippen molar-refractivity contribution < 1.29 is 28.7 Å². The van der Waals surface area contributed by atoms with Crippen molar-refractivity contribution in [3.05, 3.63) is 70.7 Å². The number of carbonyl (C=O) groups is 5. The van der Waals surface area contributed by atoms with Gasteiger partial charge in [-0.05, 0) is 61.3 Å². The summed E-state index contributed by atoms with van der Waals surface area (Å²) in [7, 11) is 0. The Hall–Kier alpha value is -3.92. The van der Waals surface area contributed by atoms with E-state index in [0.29, 0.717) is 24.4 Å². The second kappa shape index (κ2) is 15.0. The van der Waals surface area contributed by atoms with Gasteiger partial charge in [-0.1, -0.05) is 67.9 Å². The topological polar surface area (TPSA) is 143 Å². The van der Waals surface area contributed by atoms with Gasteiger partial charge in [0.2, 0.25) is 17.6 Å². The van der Waals surface area contributed by atoms with Crippen molar-refractivity contribution >= 4 is 41.2 Å². The molecule has 1 saturated carbocycles. The van der Waals surface area contributed by atoms with Crippen molar-refractivity contribution in [1.82, 2.24) is 21.3 Å². The molecule has 11 heteroatoms. The molecule has 4 N–H and O–H groups in total. The lowest BCUT2D eigenvalue weighted by Gasteiger charge is -2.26. The van der Waals surface area contributed by atoms with Crippen LogP contribution in [0.25, 0.3) is 0 Å². The van der Waals surface area contributed by atoms with Gasteiger partial charge in [0.05, 0.1) is 6.04 Å². The SMILES string of the molecule is CC(C)CC(NC(=O)OC(Cc1cccc(Cl)c1)c1ccccc1)C(=O)NC(CC1CCNC1=O)C(=O)C(=O)NC1CC1. The minimum absolute atomic E-state index is 0.000331. The lowest BCUT2D eigenvalue weighted by atomic mass is 9.94. The van der Waals surface area contributed by atoms with E-state index < -0.39 is 47.8 Å². The number of halogens is 1. The number of Topliss-reactive ketones (excluding diaryl/α,β-unsaturated/α-hetero) is 1. The summed E-state index contributed by atoms with van der Waals surface area (Å²) in [4.78, 5) is 64.8. The molecule has 0 spiro atoms. The quantitative estimate of drug-likeness (QED) is 0.241. The summed E-state index contributed by atoms with van der Waals surface area (Å²) < 4.78 is 5.85. The Balaban J connectivity index is 1.47. The number of rotatable bonds is 14. The minimum Gasteiger partial charge on any atom is -0.441 e. The molecule has 2 aromatic rings. The van der Waals surface area contributed by atoms with Gasteiger partial charge in [-0.25, -0.2) is 4.79 Å². The van der Waals surface area contributed by atoms with Crippen molar-refractivity contribution in [2.75, 3.05) is 6.54 Å². The fourth-order valence-electron chi connectivity index (χ4n) is 5.08. The molecule has 10 nitrogen and oxygen atoms in total. The van der Waals surface area contributed by atoms with Gasteiger partial charge in [-0.3, -0.25) is 19.2 Å². The average Bonchev–Trinajstić information content (AvgIpc) is 3.70. The fourth-order valence-corrected chi connectivity index (χ4v) is 5.30. The van der Waals surface area contributed by atoms with E-state index in [9.17, 15) is 24.0 Å². The van der Waals surface area contributed by atoms with Crippen LogP contribution in [0.4, 0.5) is 4.79 Å². The first-order chi connectivity index (χ1) is 20.6. The molecule has 4 atom stereocenters. The van der Waals surface area contributed by atoms with Crippen LogP contribution in [0.3, 0.4) is 0 Å². The standard InChI is InChI=1S/C32H39ClN4O6/c1-19(2)15-26(30(40)36-25(18-22-13-14-34-29(22)39)28(38)31(41)35-24-11-12-24)37-32(42)43-27(21-8-4-3-5-9-21)17-20-7-6-10-23(33)16-20/h3-10,16,19,22,24-27H,11-15,17-18H2,1-2H3,(H,34,39)(H,35,41)(H,36,40)(H,37,42). The Labute approximate surface area is 256 Å². The van der Waals surface area contributed by atoms with Crippen LogP contribution in [0.2, 0.25) is 5.02 Å². The van der Waals surface area contributed by atoms with Crippen LogP contribution < -0.4 is 21.3 Å². The van der Waals surface area contributed by atoms with Crippen LogP contribution in [0.15, 0.2) is 54.6 Å². The molecular formula is C32H39ClN4O6. The molecule has 2 fully saturated rings. The third kappa shape index (κ3) is 9.81. The summed E-state index contributed by atoms with van der Waals surface area (Å²) in [5.41, 5.74) is 1.64. The first-order valence-corrected chi connectivity index (χ1v) is 15.2. The molecular weight excluding hydrogens is 572 g/mol. The zero-order valence-electron chi connectivity index (χ0n) is 24.4. The zero-order valence-corrected chi connectivity index (χ0v) is 25.2. The summed E-state index contributed by atoms with van der Waals surface area (Å²) in [5.74, 6) is -2.96. The van der Waals surface area contributed by atoms with Crippen molar-refractivity contribution in [2.45, 2.75) is 76.6 Å². The number of alkyl carbamates (subject to hydrolysis) is 1. The minimum atomic E-state index is -1.22. The van der Waals surface area contributed by atoms with E-state index in [0.717, 1.165) is 24.0 Å². The fraction of sp³-hybridized carbons (Fsp3) is 0.469. The predicted molar refractivity (Wildman–Crippen MR) is 161 cm³/mol. The highest BCUT2D eigenvalue weighted by Gasteiger charge is 2.37. The monoisotopic (exact) mass is 610 g/mol. The largest absolute Gasteiger partial charge is 0.441 e. The van der Waals surface area contributed by atoms with Crippen LogP contribution in [0.1, 0.15) is 63.2 Å². The van der Waals surface area contributed by atoms with Crippen LogP contribution in [0.5, 0.6) is 0 Å². The van der Waals surface area contributed by atoms with E-state index in [1.54, 1.807) is 12.1 Å². The molecule has 1 aliphatic heterocycles. The summed E-state index contributed by atoms with van der Waals surface area (Å²) in [6.07, 6.45) is 1.22. The smallest absolute Gasteiger partial charge is 0.408 e. The molecule has 0 bridgehead atoms. The second-order valence-corrected chi connectivity index (χ2v) is 12.1. The highest BCUT2D eigenvalue weighted by molar-refractivity contribution is 6.38. The molecule has 4 rings (SSSR count). The Morgan fingerprint density at radius 2 is 1.72 bits per heavy atom. The molecule has 1 heterocycles. The molecule has 2 aliphatic rings. The number of hydrogen-bond acceptors (Lipinski definition) is 6. The number of benzene rings is 2. The van der Waals surface area contributed by atoms with Crippen molar-refractivity contribution in [1.29, 1.82) is 0 Å². The molecule has 43 heavy (non-hydrogen) atoms. The molecule has 4 amide bonds. The van der Waals surface area contributed by atoms with Gasteiger partial charge in [0, 0.05) is 29.9 Å². The second-order valence-electron chi connectivity index (χ2n) is 11.7. The third-order valence-electron chi connectivity index (χ3n) is 7.50. The Kier molecular flexibility index (Phi) is 11.2. The zero-order chi connectivity index (χ0) is 30.9. The molecule has 1 saturated heterocycles. The van der Waals surface area contributed by atoms with Gasteiger partial charge in [0.25, 0.3) is 5.91 Å². The number of ether oxygens (including phenoxy) is 1. The lowest BCUT2D eigenvalue weighted by molar-refractivity contribution is -0.141. The lowest BCUT2D eigenvalue weighted by Crippen LogP contribution is -2.55. The van der Waals surface area contributed by atoms with Gasteiger partial charge in [-0.2, -0.15) is 0 Å². The molecule has 0 aromatic heterocycles. The maximum atomic E-state index is 13.5. The highest BCUT2D eigenvalue weighted by Crippen LogP contribution is 2.25. The van der Waals surface area contributed by atoms with Crippen molar-refractivity contribution in [3.8, 4) is 0 Å². The van der Waals surface area contributed by atoms with Gasteiger partial charge in [-0.15, -0.1) is 0 Å². The number of ketones is 1. The van der Waals surface area contributed by atoms with Crippen LogP contribution in [-0.4, -0.2) is 54.3 Å². The number of nitrogens with one attached hydrogen (secondary N) is 4. The van der Waals surface area contributed by atoms with Crippen LogP contribution >= 0.6 is 11.6 Å². The Morgan fingerprint density at radius 3 is 2.35 bits per heavy atom. The number of amides is 4. The van der Waals surface area contributed by atoms with Gasteiger partial charge in [0.1, 0.15) is 12.1 Å². The molecule has 4 unspecified atom stereocenters. The normalized spacial score (nSPS) is 18.2. The molecule has 0 radical (unpaired) electrons. The first kappa shape index (κ1) is 32.0. The number of hydrogen-bond donors (Lipinski definition) is 4. The maximum Gasteiger partial charge on any atom is 0.408 e. The molecule has 230 valence electrons. The third-order valence-corrected chi connectivity index (χ3v) is 7.73. The highest BCUT2D eigenvalue weighted by atomic mass is 35.5. The Morgan fingerprint density at radius 1 is 0.977 bits per heavy atom. The molecule has 2 aromatic carbocycles. The van der Waals surface area contributed by atoms with E-state index in [4.69, 9.17) is 16.3 Å². The van der Waals surface area contributed by atoms with Gasteiger partial charge >= 0.3 is 6.09 Å². The maximum absolute atomic E-state index is 13.5. The average molecular weight is 611 g/mol.